The zero-order valence-corrected chi connectivity index (χ0v) is 19.6. The van der Waals surface area contributed by atoms with E-state index < -0.39 is 0 Å². The summed E-state index contributed by atoms with van der Waals surface area (Å²) >= 11 is 0. The van der Waals surface area contributed by atoms with Crippen LogP contribution in [0.25, 0.3) is 10.9 Å². The highest BCUT2D eigenvalue weighted by Gasteiger charge is 2.13. The van der Waals surface area contributed by atoms with Crippen molar-refractivity contribution in [2.45, 2.75) is 19.4 Å². The molecule has 6 nitrogen and oxygen atoms in total. The zero-order valence-electron chi connectivity index (χ0n) is 19.6. The highest BCUT2D eigenvalue weighted by Crippen LogP contribution is 2.33. The fourth-order valence-corrected chi connectivity index (χ4v) is 4.29. The van der Waals surface area contributed by atoms with E-state index >= 15 is 0 Å². The van der Waals surface area contributed by atoms with Gasteiger partial charge in [0.25, 0.3) is 0 Å². The fraction of sp³-hybridized carbons (Fsp3) is 0.250. The molecule has 3 aromatic carbocycles. The lowest BCUT2D eigenvalue weighted by Gasteiger charge is -2.12. The molecule has 0 amide bonds. The Balaban J connectivity index is 1.15. The second-order valence-corrected chi connectivity index (χ2v) is 8.49. The lowest BCUT2D eigenvalue weighted by Crippen LogP contribution is -2.18. The summed E-state index contributed by atoms with van der Waals surface area (Å²) < 4.78 is 29.7. The first-order chi connectivity index (χ1) is 17.2. The van der Waals surface area contributed by atoms with Gasteiger partial charge in [-0.1, -0.05) is 18.2 Å². The number of anilines is 1. The number of nitrogens with one attached hydrogen (secondary N) is 2. The first-order valence-electron chi connectivity index (χ1n) is 11.7. The summed E-state index contributed by atoms with van der Waals surface area (Å²) in [4.78, 5) is 4.58. The standard InChI is InChI=1S/C28H28FN3O3/c1-33-26-8-5-22(29)16-21(26)17-30-10-2-11-31-24-9-12-32-25-14-19(3-6-23(24)25)13-20-4-7-27-28(15-20)35-18-34-27/h3-9,12,14-16,30H,2,10-11,13,17-18H2,1H3,(H,31,32). The molecule has 2 N–H and O–H groups in total. The van der Waals surface area contributed by atoms with Gasteiger partial charge in [0.05, 0.1) is 12.6 Å². The molecule has 0 fully saturated rings. The van der Waals surface area contributed by atoms with Crippen molar-refractivity contribution >= 4 is 16.6 Å². The lowest BCUT2D eigenvalue weighted by molar-refractivity contribution is 0.174. The Labute approximate surface area is 204 Å². The van der Waals surface area contributed by atoms with Gasteiger partial charge in [-0.3, -0.25) is 4.98 Å². The van der Waals surface area contributed by atoms with Crippen LogP contribution in [0.4, 0.5) is 10.1 Å². The summed E-state index contributed by atoms with van der Waals surface area (Å²) in [5.41, 5.74) is 5.21. The summed E-state index contributed by atoms with van der Waals surface area (Å²) in [6, 6.07) is 19.1. The Morgan fingerprint density at radius 2 is 1.80 bits per heavy atom. The van der Waals surface area contributed by atoms with Crippen LogP contribution in [0.1, 0.15) is 23.1 Å². The smallest absolute Gasteiger partial charge is 0.231 e. The van der Waals surface area contributed by atoms with Gasteiger partial charge in [-0.05, 0) is 73.0 Å². The molecule has 1 aliphatic rings. The third kappa shape index (κ3) is 5.46. The Morgan fingerprint density at radius 1 is 0.943 bits per heavy atom. The number of ether oxygens (including phenoxy) is 3. The van der Waals surface area contributed by atoms with Crippen molar-refractivity contribution < 1.29 is 18.6 Å². The molecule has 1 aliphatic heterocycles. The minimum absolute atomic E-state index is 0.257. The number of nitrogens with zero attached hydrogens (tertiary/aromatic N) is 1. The predicted octanol–water partition coefficient (Wildman–Crippen LogP) is 5.29. The van der Waals surface area contributed by atoms with Gasteiger partial charge in [0.1, 0.15) is 11.6 Å². The van der Waals surface area contributed by atoms with Crippen molar-refractivity contribution in [3.8, 4) is 17.2 Å². The molecule has 0 radical (unpaired) electrons. The number of fused-ring (bicyclic) bond motifs is 2. The summed E-state index contributed by atoms with van der Waals surface area (Å²) in [5.74, 6) is 2.04. The van der Waals surface area contributed by atoms with Crippen molar-refractivity contribution in [2.24, 2.45) is 0 Å². The normalized spacial score (nSPS) is 12.2. The molecule has 2 heterocycles. The van der Waals surface area contributed by atoms with Crippen LogP contribution in [-0.4, -0.2) is 32.0 Å². The van der Waals surface area contributed by atoms with E-state index in [0.29, 0.717) is 12.3 Å². The molecule has 0 saturated carbocycles. The van der Waals surface area contributed by atoms with Gasteiger partial charge in [-0.25, -0.2) is 4.39 Å². The Bertz CT molecular complexity index is 1330. The van der Waals surface area contributed by atoms with Crippen LogP contribution in [0, 0.1) is 5.82 Å². The first kappa shape index (κ1) is 22.9. The number of hydrogen-bond donors (Lipinski definition) is 2. The van der Waals surface area contributed by atoms with Crippen molar-refractivity contribution in [3.63, 3.8) is 0 Å². The van der Waals surface area contributed by atoms with Gasteiger partial charge in [-0.2, -0.15) is 0 Å². The fourth-order valence-electron chi connectivity index (χ4n) is 4.29. The highest BCUT2D eigenvalue weighted by molar-refractivity contribution is 5.91. The second-order valence-electron chi connectivity index (χ2n) is 8.49. The molecule has 180 valence electrons. The second kappa shape index (κ2) is 10.6. The van der Waals surface area contributed by atoms with Crippen LogP contribution < -0.4 is 24.8 Å². The van der Waals surface area contributed by atoms with E-state index in [4.69, 9.17) is 14.2 Å². The molecular weight excluding hydrogens is 445 g/mol. The van der Waals surface area contributed by atoms with E-state index in [9.17, 15) is 4.39 Å². The summed E-state index contributed by atoms with van der Waals surface area (Å²) in [7, 11) is 1.60. The highest BCUT2D eigenvalue weighted by atomic mass is 19.1. The molecule has 7 heteroatoms. The monoisotopic (exact) mass is 473 g/mol. The quantitative estimate of drug-likeness (QED) is 0.305. The Hall–Kier alpha value is -3.84. The maximum Gasteiger partial charge on any atom is 0.231 e. The minimum Gasteiger partial charge on any atom is -0.496 e. The molecule has 0 atom stereocenters. The molecule has 5 rings (SSSR count). The van der Waals surface area contributed by atoms with Crippen LogP contribution in [0.5, 0.6) is 17.2 Å². The largest absolute Gasteiger partial charge is 0.496 e. The van der Waals surface area contributed by atoms with E-state index in [1.54, 1.807) is 13.2 Å². The molecule has 0 unspecified atom stereocenters. The van der Waals surface area contributed by atoms with E-state index in [-0.39, 0.29) is 12.6 Å². The minimum atomic E-state index is -0.257. The molecule has 35 heavy (non-hydrogen) atoms. The maximum atomic E-state index is 13.5. The van der Waals surface area contributed by atoms with Gasteiger partial charge in [0, 0.05) is 35.9 Å². The summed E-state index contributed by atoms with van der Waals surface area (Å²) in [5, 5.41) is 7.97. The predicted molar refractivity (Wildman–Crippen MR) is 135 cm³/mol. The van der Waals surface area contributed by atoms with Crippen LogP contribution in [0.2, 0.25) is 0 Å². The number of pyridine rings is 1. The maximum absolute atomic E-state index is 13.5. The van der Waals surface area contributed by atoms with Gasteiger partial charge >= 0.3 is 0 Å². The summed E-state index contributed by atoms with van der Waals surface area (Å²) in [6.45, 7) is 2.46. The first-order valence-corrected chi connectivity index (χ1v) is 11.7. The van der Waals surface area contributed by atoms with E-state index in [1.165, 1.54) is 23.3 Å². The van der Waals surface area contributed by atoms with Crippen molar-refractivity contribution in [1.29, 1.82) is 0 Å². The van der Waals surface area contributed by atoms with Crippen molar-refractivity contribution in [1.82, 2.24) is 10.3 Å². The number of benzene rings is 3. The van der Waals surface area contributed by atoms with E-state index in [0.717, 1.165) is 59.6 Å². The zero-order chi connectivity index (χ0) is 24.0. The Morgan fingerprint density at radius 3 is 2.71 bits per heavy atom. The molecule has 0 saturated heterocycles. The van der Waals surface area contributed by atoms with Gasteiger partial charge in [-0.15, -0.1) is 0 Å². The molecule has 0 spiro atoms. The molecule has 4 aromatic rings. The van der Waals surface area contributed by atoms with Gasteiger partial charge in [0.15, 0.2) is 11.5 Å². The third-order valence-corrected chi connectivity index (χ3v) is 6.06. The van der Waals surface area contributed by atoms with Crippen LogP contribution in [0.3, 0.4) is 0 Å². The van der Waals surface area contributed by atoms with Crippen molar-refractivity contribution in [3.05, 3.63) is 89.4 Å². The average Bonchev–Trinajstić information content (AvgIpc) is 3.34. The molecule has 0 aliphatic carbocycles. The average molecular weight is 474 g/mol. The summed E-state index contributed by atoms with van der Waals surface area (Å²) in [6.07, 6.45) is 3.56. The van der Waals surface area contributed by atoms with E-state index in [1.807, 2.05) is 24.4 Å². The van der Waals surface area contributed by atoms with Crippen molar-refractivity contribution in [2.75, 3.05) is 32.3 Å². The van der Waals surface area contributed by atoms with Gasteiger partial charge < -0.3 is 24.8 Å². The topological polar surface area (TPSA) is 64.6 Å². The molecule has 0 bridgehead atoms. The molecule has 1 aromatic heterocycles. The van der Waals surface area contributed by atoms with Gasteiger partial charge in [0.2, 0.25) is 6.79 Å². The van der Waals surface area contributed by atoms with E-state index in [2.05, 4.69) is 39.9 Å². The lowest BCUT2D eigenvalue weighted by atomic mass is 10.0. The number of aromatic nitrogens is 1. The SMILES string of the molecule is COc1ccc(F)cc1CNCCCNc1ccnc2cc(Cc3ccc4c(c3)OCO4)ccc12. The molecular formula is C28H28FN3O3. The van der Waals surface area contributed by atoms with Crippen LogP contribution in [0.15, 0.2) is 66.9 Å². The number of rotatable bonds is 10. The van der Waals surface area contributed by atoms with Crippen LogP contribution in [-0.2, 0) is 13.0 Å². The number of methoxy groups -OCH3 is 1. The number of halogens is 1. The third-order valence-electron chi connectivity index (χ3n) is 6.06. The number of hydrogen-bond acceptors (Lipinski definition) is 6. The Kier molecular flexibility index (Phi) is 6.95. The van der Waals surface area contributed by atoms with Crippen LogP contribution >= 0.6 is 0 Å².